The van der Waals surface area contributed by atoms with Crippen molar-refractivity contribution in [3.05, 3.63) is 41.5 Å². The average Bonchev–Trinajstić information content (AvgIpc) is 3.08. The van der Waals surface area contributed by atoms with Crippen LogP contribution >= 0.6 is 0 Å². The zero-order chi connectivity index (χ0) is 21.0. The summed E-state index contributed by atoms with van der Waals surface area (Å²) in [7, 11) is 7.85. The van der Waals surface area contributed by atoms with E-state index in [9.17, 15) is 9.59 Å². The van der Waals surface area contributed by atoms with Gasteiger partial charge in [-0.1, -0.05) is 0 Å². The summed E-state index contributed by atoms with van der Waals surface area (Å²) in [6.07, 6.45) is 2.72. The molecule has 8 heteroatoms. The van der Waals surface area contributed by atoms with Crippen molar-refractivity contribution in [2.45, 2.75) is 25.8 Å². The maximum Gasteiger partial charge on any atom is 0.287 e. The summed E-state index contributed by atoms with van der Waals surface area (Å²) in [6, 6.07) is 7.62. The van der Waals surface area contributed by atoms with E-state index in [-0.39, 0.29) is 11.8 Å². The molecule has 0 aliphatic carbocycles. The van der Waals surface area contributed by atoms with Crippen LogP contribution in [0.25, 0.3) is 0 Å². The van der Waals surface area contributed by atoms with Gasteiger partial charge in [-0.05, 0) is 57.6 Å². The van der Waals surface area contributed by atoms with Crippen molar-refractivity contribution in [1.29, 1.82) is 0 Å². The van der Waals surface area contributed by atoms with E-state index in [1.54, 1.807) is 0 Å². The lowest BCUT2D eigenvalue weighted by atomic mass is 10.1. The molecule has 0 radical (unpaired) electrons. The Morgan fingerprint density at radius 3 is 2.45 bits per heavy atom. The van der Waals surface area contributed by atoms with Gasteiger partial charge in [0.05, 0.1) is 5.69 Å². The fraction of sp³-hybridized carbons (Fsp3) is 0.476. The molecule has 0 spiro atoms. The summed E-state index contributed by atoms with van der Waals surface area (Å²) in [5.41, 5.74) is 2.95. The van der Waals surface area contributed by atoms with Crippen LogP contribution in [0.1, 0.15) is 39.6 Å². The van der Waals surface area contributed by atoms with Gasteiger partial charge in [-0.2, -0.15) is 0 Å². The maximum atomic E-state index is 12.9. The molecule has 1 aromatic carbocycles. The first-order valence-electron chi connectivity index (χ1n) is 9.98. The van der Waals surface area contributed by atoms with Crippen molar-refractivity contribution in [1.82, 2.24) is 19.8 Å². The zero-order valence-electron chi connectivity index (χ0n) is 17.7. The molecule has 1 aromatic heterocycles. The minimum atomic E-state index is -0.277. The second kappa shape index (κ2) is 9.09. The summed E-state index contributed by atoms with van der Waals surface area (Å²) in [6.45, 7) is 1.99. The number of aromatic nitrogens is 2. The number of carbonyl (C=O) groups is 2. The number of benzene rings is 1. The van der Waals surface area contributed by atoms with E-state index in [4.69, 9.17) is 0 Å². The van der Waals surface area contributed by atoms with Gasteiger partial charge in [-0.15, -0.1) is 0 Å². The Morgan fingerprint density at radius 1 is 1.07 bits per heavy atom. The number of imidazole rings is 1. The Bertz CT molecular complexity index is 870. The third kappa shape index (κ3) is 4.95. The Labute approximate surface area is 171 Å². The molecule has 0 atom stereocenters. The van der Waals surface area contributed by atoms with Crippen molar-refractivity contribution >= 4 is 23.2 Å². The number of anilines is 2. The van der Waals surface area contributed by atoms with E-state index in [1.165, 1.54) is 0 Å². The molecule has 2 N–H and O–H groups in total. The molecule has 0 fully saturated rings. The first kappa shape index (κ1) is 20.9. The molecule has 8 nitrogen and oxygen atoms in total. The van der Waals surface area contributed by atoms with Crippen LogP contribution < -0.4 is 15.5 Å². The molecule has 0 unspecified atom stereocenters. The number of carbonyl (C=O) groups excluding carboxylic acids is 2. The fourth-order valence-corrected chi connectivity index (χ4v) is 3.40. The van der Waals surface area contributed by atoms with Gasteiger partial charge in [-0.25, -0.2) is 4.98 Å². The van der Waals surface area contributed by atoms with Gasteiger partial charge in [0, 0.05) is 45.1 Å². The van der Waals surface area contributed by atoms with E-state index < -0.39 is 0 Å². The van der Waals surface area contributed by atoms with E-state index in [2.05, 4.69) is 15.6 Å². The molecule has 2 amide bonds. The molecule has 2 heterocycles. The molecule has 0 bridgehead atoms. The first-order valence-corrected chi connectivity index (χ1v) is 9.98. The van der Waals surface area contributed by atoms with Crippen LogP contribution in [0.2, 0.25) is 0 Å². The monoisotopic (exact) mass is 398 g/mol. The van der Waals surface area contributed by atoms with Gasteiger partial charge < -0.3 is 25.0 Å². The highest BCUT2D eigenvalue weighted by Crippen LogP contribution is 2.23. The summed E-state index contributed by atoms with van der Waals surface area (Å²) < 4.78 is 1.90. The highest BCUT2D eigenvalue weighted by atomic mass is 16.2. The minimum absolute atomic E-state index is 0.232. The van der Waals surface area contributed by atoms with Crippen LogP contribution in [-0.4, -0.2) is 67.5 Å². The highest BCUT2D eigenvalue weighted by molar-refractivity contribution is 6.05. The molecule has 1 aliphatic rings. The van der Waals surface area contributed by atoms with Crippen LogP contribution in [0.4, 0.5) is 11.4 Å². The van der Waals surface area contributed by atoms with Crippen molar-refractivity contribution in [3.63, 3.8) is 0 Å². The highest BCUT2D eigenvalue weighted by Gasteiger charge is 2.27. The summed E-state index contributed by atoms with van der Waals surface area (Å²) in [5, 5.41) is 5.81. The van der Waals surface area contributed by atoms with Gasteiger partial charge in [0.1, 0.15) is 0 Å². The Morgan fingerprint density at radius 2 is 1.79 bits per heavy atom. The second-order valence-electron chi connectivity index (χ2n) is 7.79. The quantitative estimate of drug-likeness (QED) is 0.744. The summed E-state index contributed by atoms with van der Waals surface area (Å²) in [5.74, 6) is -0.184. The molecule has 0 saturated carbocycles. The minimum Gasteiger partial charge on any atom is -0.378 e. The van der Waals surface area contributed by atoms with Crippen molar-refractivity contribution in [2.24, 2.45) is 0 Å². The molecule has 2 aromatic rings. The number of amides is 2. The average molecular weight is 399 g/mol. The third-order valence-corrected chi connectivity index (χ3v) is 5.02. The van der Waals surface area contributed by atoms with E-state index in [0.29, 0.717) is 30.3 Å². The standard InChI is InChI=1S/C21H30N6O2/c1-25(2)14-12-22-21(29)19-24-18(17-7-5-6-13-27(17)19)20(28)23-15-8-10-16(11-9-15)26(3)4/h8-11H,5-7,12-14H2,1-4H3,(H,22,29)(H,23,28). The zero-order valence-corrected chi connectivity index (χ0v) is 17.7. The number of fused-ring (bicyclic) bond motifs is 1. The largest absolute Gasteiger partial charge is 0.378 e. The first-order chi connectivity index (χ1) is 13.9. The van der Waals surface area contributed by atoms with Gasteiger partial charge >= 0.3 is 0 Å². The van der Waals surface area contributed by atoms with Crippen LogP contribution in [0, 0.1) is 0 Å². The number of nitrogens with zero attached hydrogens (tertiary/aromatic N) is 4. The predicted octanol–water partition coefficient (Wildman–Crippen LogP) is 1.83. The molecular weight excluding hydrogens is 368 g/mol. The van der Waals surface area contributed by atoms with Crippen molar-refractivity contribution in [3.8, 4) is 0 Å². The Balaban J connectivity index is 1.78. The smallest absolute Gasteiger partial charge is 0.287 e. The molecular formula is C21H30N6O2. The molecule has 156 valence electrons. The van der Waals surface area contributed by atoms with Gasteiger partial charge in [0.2, 0.25) is 0 Å². The molecule has 0 saturated heterocycles. The van der Waals surface area contributed by atoms with E-state index in [0.717, 1.165) is 37.2 Å². The Hall–Kier alpha value is -2.87. The molecule has 1 aliphatic heterocycles. The number of nitrogens with one attached hydrogen (secondary N) is 2. The van der Waals surface area contributed by atoms with Gasteiger partial charge in [0.25, 0.3) is 11.8 Å². The number of hydrogen-bond acceptors (Lipinski definition) is 5. The normalized spacial score (nSPS) is 13.1. The van der Waals surface area contributed by atoms with Crippen LogP contribution in [0.15, 0.2) is 24.3 Å². The van der Waals surface area contributed by atoms with Gasteiger partial charge in [-0.3, -0.25) is 9.59 Å². The van der Waals surface area contributed by atoms with Crippen LogP contribution in [-0.2, 0) is 13.0 Å². The summed E-state index contributed by atoms with van der Waals surface area (Å²) in [4.78, 5) is 34.0. The van der Waals surface area contributed by atoms with E-state index in [1.807, 2.05) is 66.8 Å². The lowest BCUT2D eigenvalue weighted by molar-refractivity contribution is 0.0935. The molecule has 3 rings (SSSR count). The summed E-state index contributed by atoms with van der Waals surface area (Å²) >= 11 is 0. The number of likely N-dealkylation sites (N-methyl/N-ethyl adjacent to an activating group) is 1. The SMILES string of the molecule is CN(C)CCNC(=O)c1nc(C(=O)Nc2ccc(N(C)C)cc2)c2n1CCCC2. The topological polar surface area (TPSA) is 82.5 Å². The van der Waals surface area contributed by atoms with Crippen molar-refractivity contribution in [2.75, 3.05) is 51.5 Å². The predicted molar refractivity (Wildman–Crippen MR) is 115 cm³/mol. The fourth-order valence-electron chi connectivity index (χ4n) is 3.40. The lowest BCUT2D eigenvalue weighted by Gasteiger charge is -2.17. The Kier molecular flexibility index (Phi) is 6.53. The number of rotatable bonds is 7. The third-order valence-electron chi connectivity index (χ3n) is 5.02. The van der Waals surface area contributed by atoms with Crippen LogP contribution in [0.3, 0.4) is 0 Å². The second-order valence-corrected chi connectivity index (χ2v) is 7.79. The van der Waals surface area contributed by atoms with Crippen LogP contribution in [0.5, 0.6) is 0 Å². The van der Waals surface area contributed by atoms with E-state index >= 15 is 0 Å². The molecule has 29 heavy (non-hydrogen) atoms. The number of hydrogen-bond donors (Lipinski definition) is 2. The lowest BCUT2D eigenvalue weighted by Crippen LogP contribution is -2.33. The van der Waals surface area contributed by atoms with Gasteiger partial charge in [0.15, 0.2) is 11.5 Å². The maximum absolute atomic E-state index is 12.9. The van der Waals surface area contributed by atoms with Crippen molar-refractivity contribution < 1.29 is 9.59 Å².